The summed E-state index contributed by atoms with van der Waals surface area (Å²) in [6, 6.07) is 15.4. The van der Waals surface area contributed by atoms with Crippen LogP contribution in [0.3, 0.4) is 0 Å². The van der Waals surface area contributed by atoms with Crippen molar-refractivity contribution in [3.63, 3.8) is 0 Å². The molecule has 4 rings (SSSR count). The van der Waals surface area contributed by atoms with Crippen LogP contribution in [-0.4, -0.2) is 46.2 Å². The molecule has 0 aliphatic carbocycles. The van der Waals surface area contributed by atoms with Gasteiger partial charge >= 0.3 is 0 Å². The van der Waals surface area contributed by atoms with E-state index in [1.807, 2.05) is 6.92 Å². The summed E-state index contributed by atoms with van der Waals surface area (Å²) in [5, 5.41) is 10.8. The van der Waals surface area contributed by atoms with Crippen LogP contribution in [0.4, 0.5) is 0 Å². The molecule has 1 aliphatic rings. The molecular weight excluding hydrogens is 312 g/mol. The van der Waals surface area contributed by atoms with Gasteiger partial charge < -0.3 is 4.42 Å². The SMILES string of the molecule is Cc1nnc(C(C)N2CCN(Cc3cccc4ccccc34)CC2)o1. The number of piperazine rings is 1. The second-order valence-corrected chi connectivity index (χ2v) is 6.79. The molecule has 5 nitrogen and oxygen atoms in total. The van der Waals surface area contributed by atoms with Gasteiger partial charge in [-0.25, -0.2) is 0 Å². The molecule has 2 aromatic carbocycles. The van der Waals surface area contributed by atoms with Gasteiger partial charge in [0.1, 0.15) is 0 Å². The minimum absolute atomic E-state index is 0.181. The molecule has 130 valence electrons. The van der Waals surface area contributed by atoms with E-state index in [0.717, 1.165) is 38.6 Å². The summed E-state index contributed by atoms with van der Waals surface area (Å²) >= 11 is 0. The second-order valence-electron chi connectivity index (χ2n) is 6.79. The molecule has 2 heterocycles. The van der Waals surface area contributed by atoms with Crippen LogP contribution < -0.4 is 0 Å². The average molecular weight is 336 g/mol. The highest BCUT2D eigenvalue weighted by atomic mass is 16.4. The van der Waals surface area contributed by atoms with Gasteiger partial charge in [0.05, 0.1) is 6.04 Å². The number of hydrogen-bond acceptors (Lipinski definition) is 5. The minimum atomic E-state index is 0.181. The zero-order valence-corrected chi connectivity index (χ0v) is 14.9. The number of aromatic nitrogens is 2. The lowest BCUT2D eigenvalue weighted by Gasteiger charge is -2.37. The van der Waals surface area contributed by atoms with Crippen molar-refractivity contribution in [3.8, 4) is 0 Å². The summed E-state index contributed by atoms with van der Waals surface area (Å²) in [4.78, 5) is 4.95. The number of benzene rings is 2. The van der Waals surface area contributed by atoms with Crippen molar-refractivity contribution in [2.75, 3.05) is 26.2 Å². The highest BCUT2D eigenvalue weighted by Crippen LogP contribution is 2.23. The first kappa shape index (κ1) is 16.2. The molecular formula is C20H24N4O. The average Bonchev–Trinajstić information content (AvgIpc) is 3.08. The summed E-state index contributed by atoms with van der Waals surface area (Å²) in [5.41, 5.74) is 1.41. The van der Waals surface area contributed by atoms with Crippen LogP contribution in [0, 0.1) is 6.92 Å². The fourth-order valence-electron chi connectivity index (χ4n) is 3.62. The van der Waals surface area contributed by atoms with Crippen LogP contribution in [0.2, 0.25) is 0 Å². The quantitative estimate of drug-likeness (QED) is 0.730. The van der Waals surface area contributed by atoms with Crippen molar-refractivity contribution in [1.29, 1.82) is 0 Å². The third kappa shape index (κ3) is 3.43. The molecule has 1 saturated heterocycles. The van der Waals surface area contributed by atoms with E-state index in [2.05, 4.69) is 69.4 Å². The summed E-state index contributed by atoms with van der Waals surface area (Å²) in [5.74, 6) is 1.36. The summed E-state index contributed by atoms with van der Waals surface area (Å²) in [6.45, 7) is 9.14. The van der Waals surface area contributed by atoms with Crippen LogP contribution in [0.5, 0.6) is 0 Å². The summed E-state index contributed by atoms with van der Waals surface area (Å²) in [6.07, 6.45) is 0. The number of hydrogen-bond donors (Lipinski definition) is 0. The zero-order valence-electron chi connectivity index (χ0n) is 14.9. The lowest BCUT2D eigenvalue weighted by Crippen LogP contribution is -2.46. The largest absolute Gasteiger partial charge is 0.424 e. The van der Waals surface area contributed by atoms with Crippen LogP contribution in [0.15, 0.2) is 46.9 Å². The standard InChI is InChI=1S/C20H24N4O/c1-15(20-22-21-16(2)25-20)24-12-10-23(11-13-24)14-18-8-5-7-17-6-3-4-9-19(17)18/h3-9,15H,10-14H2,1-2H3. The zero-order chi connectivity index (χ0) is 17.2. The molecule has 1 atom stereocenters. The van der Waals surface area contributed by atoms with Crippen molar-refractivity contribution in [3.05, 3.63) is 59.8 Å². The molecule has 0 bridgehead atoms. The van der Waals surface area contributed by atoms with E-state index in [9.17, 15) is 0 Å². The lowest BCUT2D eigenvalue weighted by molar-refractivity contribution is 0.0872. The van der Waals surface area contributed by atoms with E-state index >= 15 is 0 Å². The van der Waals surface area contributed by atoms with Gasteiger partial charge in [0, 0.05) is 39.6 Å². The number of rotatable bonds is 4. The van der Waals surface area contributed by atoms with E-state index in [0.29, 0.717) is 5.89 Å². The predicted molar refractivity (Wildman–Crippen MR) is 98.2 cm³/mol. The smallest absolute Gasteiger partial charge is 0.233 e. The van der Waals surface area contributed by atoms with Crippen LogP contribution in [-0.2, 0) is 6.54 Å². The van der Waals surface area contributed by atoms with Crippen LogP contribution >= 0.6 is 0 Å². The molecule has 1 aliphatic heterocycles. The third-order valence-electron chi connectivity index (χ3n) is 5.13. The summed E-state index contributed by atoms with van der Waals surface area (Å²) in [7, 11) is 0. The topological polar surface area (TPSA) is 45.4 Å². The van der Waals surface area contributed by atoms with Crippen molar-refractivity contribution in [2.24, 2.45) is 0 Å². The van der Waals surface area contributed by atoms with Gasteiger partial charge in [0.2, 0.25) is 11.8 Å². The number of nitrogens with zero attached hydrogens (tertiary/aromatic N) is 4. The third-order valence-corrected chi connectivity index (χ3v) is 5.13. The first-order valence-electron chi connectivity index (χ1n) is 8.94. The molecule has 0 N–H and O–H groups in total. The normalized spacial score (nSPS) is 17.8. The summed E-state index contributed by atoms with van der Waals surface area (Å²) < 4.78 is 5.59. The monoisotopic (exact) mass is 336 g/mol. The van der Waals surface area contributed by atoms with Crippen molar-refractivity contribution >= 4 is 10.8 Å². The maximum atomic E-state index is 5.59. The first-order valence-corrected chi connectivity index (χ1v) is 8.94. The van der Waals surface area contributed by atoms with Crippen LogP contribution in [0.1, 0.15) is 30.3 Å². The Morgan fingerprint density at radius 3 is 2.52 bits per heavy atom. The molecule has 1 aromatic heterocycles. The Balaban J connectivity index is 1.40. The molecule has 0 amide bonds. The van der Waals surface area contributed by atoms with E-state index in [1.165, 1.54) is 16.3 Å². The molecule has 0 spiro atoms. The van der Waals surface area contributed by atoms with Crippen molar-refractivity contribution < 1.29 is 4.42 Å². The fourth-order valence-corrected chi connectivity index (χ4v) is 3.62. The van der Waals surface area contributed by atoms with Crippen LogP contribution in [0.25, 0.3) is 10.8 Å². The maximum absolute atomic E-state index is 5.59. The van der Waals surface area contributed by atoms with Crippen molar-refractivity contribution in [2.45, 2.75) is 26.4 Å². The Hall–Kier alpha value is -2.24. The Kier molecular flexibility index (Phi) is 4.51. The van der Waals surface area contributed by atoms with E-state index < -0.39 is 0 Å². The van der Waals surface area contributed by atoms with Crippen molar-refractivity contribution in [1.82, 2.24) is 20.0 Å². The molecule has 1 fully saturated rings. The number of fused-ring (bicyclic) bond motifs is 1. The Bertz CT molecular complexity index is 846. The Morgan fingerprint density at radius 1 is 1.00 bits per heavy atom. The highest BCUT2D eigenvalue weighted by Gasteiger charge is 2.25. The van der Waals surface area contributed by atoms with Gasteiger partial charge in [0.25, 0.3) is 0 Å². The molecule has 25 heavy (non-hydrogen) atoms. The van der Waals surface area contributed by atoms with Gasteiger partial charge in [-0.05, 0) is 23.3 Å². The van der Waals surface area contributed by atoms with E-state index in [4.69, 9.17) is 4.42 Å². The van der Waals surface area contributed by atoms with E-state index in [-0.39, 0.29) is 6.04 Å². The Labute approximate surface area is 148 Å². The Morgan fingerprint density at radius 2 is 1.76 bits per heavy atom. The highest BCUT2D eigenvalue weighted by molar-refractivity contribution is 5.85. The number of aryl methyl sites for hydroxylation is 1. The first-order chi connectivity index (χ1) is 12.2. The predicted octanol–water partition coefficient (Wildman–Crippen LogP) is 3.41. The molecule has 0 saturated carbocycles. The maximum Gasteiger partial charge on any atom is 0.233 e. The molecule has 1 unspecified atom stereocenters. The lowest BCUT2D eigenvalue weighted by atomic mass is 10.0. The van der Waals surface area contributed by atoms with Gasteiger partial charge in [-0.1, -0.05) is 42.5 Å². The van der Waals surface area contributed by atoms with Gasteiger partial charge in [-0.2, -0.15) is 0 Å². The van der Waals surface area contributed by atoms with Gasteiger partial charge in [-0.15, -0.1) is 10.2 Å². The molecule has 3 aromatic rings. The molecule has 5 heteroatoms. The minimum Gasteiger partial charge on any atom is -0.424 e. The van der Waals surface area contributed by atoms with Gasteiger partial charge in [0.15, 0.2) is 0 Å². The van der Waals surface area contributed by atoms with E-state index in [1.54, 1.807) is 0 Å². The fraction of sp³-hybridized carbons (Fsp3) is 0.400. The second kappa shape index (κ2) is 6.94. The molecule has 0 radical (unpaired) electrons. The van der Waals surface area contributed by atoms with Gasteiger partial charge in [-0.3, -0.25) is 9.80 Å².